The Labute approximate surface area is 201 Å². The topological polar surface area (TPSA) is 76.0 Å². The number of rotatable bonds is 9. The Morgan fingerprint density at radius 1 is 0.853 bits per heavy atom. The lowest BCUT2D eigenvalue weighted by Gasteiger charge is -2.10. The summed E-state index contributed by atoms with van der Waals surface area (Å²) in [5, 5.41) is 6.42. The molecule has 4 aromatic rings. The van der Waals surface area contributed by atoms with E-state index in [0.29, 0.717) is 23.8 Å². The third kappa shape index (κ3) is 6.32. The lowest BCUT2D eigenvalue weighted by atomic mass is 10.1. The molecule has 172 valence electrons. The molecule has 0 aliphatic heterocycles. The van der Waals surface area contributed by atoms with E-state index >= 15 is 0 Å². The van der Waals surface area contributed by atoms with E-state index in [1.54, 1.807) is 30.5 Å². The summed E-state index contributed by atoms with van der Waals surface area (Å²) >= 11 is 1.34. The van der Waals surface area contributed by atoms with Crippen LogP contribution in [0.1, 0.15) is 21.5 Å². The molecule has 0 aliphatic rings. The van der Waals surface area contributed by atoms with Gasteiger partial charge in [0.2, 0.25) is 5.91 Å². The van der Waals surface area contributed by atoms with Gasteiger partial charge in [-0.3, -0.25) is 14.2 Å². The van der Waals surface area contributed by atoms with Crippen molar-refractivity contribution in [1.82, 2.24) is 20.2 Å². The lowest BCUT2D eigenvalue weighted by molar-refractivity contribution is -0.118. The van der Waals surface area contributed by atoms with Gasteiger partial charge >= 0.3 is 0 Å². The van der Waals surface area contributed by atoms with E-state index in [0.717, 1.165) is 16.8 Å². The van der Waals surface area contributed by atoms with Gasteiger partial charge < -0.3 is 10.6 Å². The summed E-state index contributed by atoms with van der Waals surface area (Å²) in [4.78, 5) is 29.0. The quantitative estimate of drug-likeness (QED) is 0.354. The number of aromatic nitrogens is 2. The monoisotopic (exact) mass is 474 g/mol. The Hall–Kier alpha value is -3.91. The van der Waals surface area contributed by atoms with Gasteiger partial charge in [0.15, 0.2) is 5.16 Å². The maximum Gasteiger partial charge on any atom is 0.251 e. The molecule has 0 unspecified atom stereocenters. The number of benzene rings is 3. The number of nitrogens with zero attached hydrogens (tertiary/aromatic N) is 2. The summed E-state index contributed by atoms with van der Waals surface area (Å²) in [7, 11) is 0. The number of hydrogen-bond acceptors (Lipinski definition) is 4. The van der Waals surface area contributed by atoms with Crippen LogP contribution in [0.5, 0.6) is 0 Å². The first-order valence-electron chi connectivity index (χ1n) is 10.7. The lowest BCUT2D eigenvalue weighted by Crippen LogP contribution is -2.24. The Bertz CT molecular complexity index is 1240. The number of hydrogen-bond donors (Lipinski definition) is 2. The fourth-order valence-electron chi connectivity index (χ4n) is 3.23. The fraction of sp³-hybridized carbons (Fsp3) is 0.115. The summed E-state index contributed by atoms with van der Waals surface area (Å²) in [6, 6.07) is 22.9. The molecule has 6 nitrogen and oxygen atoms in total. The minimum absolute atomic E-state index is 0.0726. The highest BCUT2D eigenvalue weighted by atomic mass is 32.2. The van der Waals surface area contributed by atoms with E-state index in [1.165, 1.54) is 23.9 Å². The molecule has 0 bridgehead atoms. The molecule has 0 atom stereocenters. The van der Waals surface area contributed by atoms with Gasteiger partial charge in [-0.15, -0.1) is 0 Å². The molecule has 8 heteroatoms. The molecule has 0 aliphatic carbocycles. The second kappa shape index (κ2) is 11.3. The second-order valence-electron chi connectivity index (χ2n) is 7.49. The zero-order chi connectivity index (χ0) is 23.8. The SMILES string of the molecule is O=C(CSc1nccn1-c1ccc(C(=O)NCc2ccc(F)cc2)cc1)NCc1ccccc1. The van der Waals surface area contributed by atoms with Gasteiger partial charge in [0, 0.05) is 36.7 Å². The second-order valence-corrected chi connectivity index (χ2v) is 8.43. The minimum Gasteiger partial charge on any atom is -0.351 e. The molecule has 1 aromatic heterocycles. The zero-order valence-corrected chi connectivity index (χ0v) is 19.1. The maximum atomic E-state index is 13.0. The van der Waals surface area contributed by atoms with Gasteiger partial charge in [-0.05, 0) is 47.5 Å². The summed E-state index contributed by atoms with van der Waals surface area (Å²) in [6.45, 7) is 0.800. The zero-order valence-electron chi connectivity index (χ0n) is 18.3. The van der Waals surface area contributed by atoms with E-state index in [4.69, 9.17) is 0 Å². The van der Waals surface area contributed by atoms with Gasteiger partial charge in [-0.25, -0.2) is 9.37 Å². The Balaban J connectivity index is 1.30. The summed E-state index contributed by atoms with van der Waals surface area (Å²) in [6.07, 6.45) is 3.49. The van der Waals surface area contributed by atoms with E-state index < -0.39 is 0 Å². The predicted octanol–water partition coefficient (Wildman–Crippen LogP) is 4.35. The molecule has 3 aromatic carbocycles. The molecule has 2 amide bonds. The van der Waals surface area contributed by atoms with Crippen molar-refractivity contribution in [2.24, 2.45) is 0 Å². The molecule has 0 saturated heterocycles. The van der Waals surface area contributed by atoms with Gasteiger partial charge in [0.25, 0.3) is 5.91 Å². The highest BCUT2D eigenvalue weighted by Crippen LogP contribution is 2.21. The van der Waals surface area contributed by atoms with Crippen LogP contribution in [0.25, 0.3) is 5.69 Å². The van der Waals surface area contributed by atoms with E-state index in [1.807, 2.05) is 53.2 Å². The highest BCUT2D eigenvalue weighted by Gasteiger charge is 2.11. The largest absolute Gasteiger partial charge is 0.351 e. The Morgan fingerprint density at radius 3 is 2.26 bits per heavy atom. The average Bonchev–Trinajstić information content (AvgIpc) is 3.35. The van der Waals surface area contributed by atoms with Crippen LogP contribution < -0.4 is 10.6 Å². The molecule has 2 N–H and O–H groups in total. The summed E-state index contributed by atoms with van der Waals surface area (Å²) in [5.41, 5.74) is 3.21. The molecule has 0 saturated carbocycles. The number of carbonyl (C=O) groups excluding carboxylic acids is 2. The number of halogens is 1. The van der Waals surface area contributed by atoms with Gasteiger partial charge in [0.1, 0.15) is 5.82 Å². The van der Waals surface area contributed by atoms with Crippen LogP contribution in [-0.2, 0) is 17.9 Å². The standard InChI is InChI=1S/C26H23FN4O2S/c27-22-10-6-20(7-11-22)17-30-25(33)21-8-12-23(13-9-21)31-15-14-28-26(31)34-18-24(32)29-16-19-4-2-1-3-5-19/h1-15H,16-18H2,(H,29,32)(H,30,33). The normalized spacial score (nSPS) is 10.6. The molecule has 0 spiro atoms. The van der Waals surface area contributed by atoms with Crippen molar-refractivity contribution < 1.29 is 14.0 Å². The van der Waals surface area contributed by atoms with Gasteiger partial charge in [-0.1, -0.05) is 54.2 Å². The third-order valence-electron chi connectivity index (χ3n) is 5.05. The van der Waals surface area contributed by atoms with Crippen molar-refractivity contribution in [2.75, 3.05) is 5.75 Å². The average molecular weight is 475 g/mol. The van der Waals surface area contributed by atoms with E-state index in [9.17, 15) is 14.0 Å². The van der Waals surface area contributed by atoms with Crippen LogP contribution in [0.3, 0.4) is 0 Å². The van der Waals surface area contributed by atoms with Crippen molar-refractivity contribution in [3.8, 4) is 5.69 Å². The number of thioether (sulfide) groups is 1. The third-order valence-corrected chi connectivity index (χ3v) is 6.01. The summed E-state index contributed by atoms with van der Waals surface area (Å²) in [5.74, 6) is -0.355. The molecular weight excluding hydrogens is 451 g/mol. The molecule has 34 heavy (non-hydrogen) atoms. The molecular formula is C26H23FN4O2S. The minimum atomic E-state index is -0.310. The molecule has 0 fully saturated rings. The van der Waals surface area contributed by atoms with Crippen molar-refractivity contribution in [2.45, 2.75) is 18.2 Å². The van der Waals surface area contributed by atoms with Crippen molar-refractivity contribution in [1.29, 1.82) is 0 Å². The molecule has 4 rings (SSSR count). The molecule has 0 radical (unpaired) electrons. The van der Waals surface area contributed by atoms with Crippen LogP contribution >= 0.6 is 11.8 Å². The van der Waals surface area contributed by atoms with Crippen LogP contribution in [-0.4, -0.2) is 27.1 Å². The summed E-state index contributed by atoms with van der Waals surface area (Å²) < 4.78 is 14.9. The first-order valence-corrected chi connectivity index (χ1v) is 11.7. The van der Waals surface area contributed by atoms with E-state index in [2.05, 4.69) is 15.6 Å². The van der Waals surface area contributed by atoms with Crippen molar-refractivity contribution in [3.63, 3.8) is 0 Å². The fourth-order valence-corrected chi connectivity index (χ4v) is 4.03. The highest BCUT2D eigenvalue weighted by molar-refractivity contribution is 7.99. The van der Waals surface area contributed by atoms with Crippen LogP contribution in [0.15, 0.2) is 96.4 Å². The first-order chi connectivity index (χ1) is 16.6. The van der Waals surface area contributed by atoms with Gasteiger partial charge in [0.05, 0.1) is 5.75 Å². The smallest absolute Gasteiger partial charge is 0.251 e. The van der Waals surface area contributed by atoms with Crippen LogP contribution in [0.2, 0.25) is 0 Å². The van der Waals surface area contributed by atoms with Crippen molar-refractivity contribution in [3.05, 3.63) is 114 Å². The number of imidazole rings is 1. The first kappa shape index (κ1) is 23.3. The predicted molar refractivity (Wildman–Crippen MR) is 130 cm³/mol. The van der Waals surface area contributed by atoms with Crippen LogP contribution in [0, 0.1) is 5.82 Å². The Morgan fingerprint density at radius 2 is 1.53 bits per heavy atom. The van der Waals surface area contributed by atoms with Crippen molar-refractivity contribution >= 4 is 23.6 Å². The number of amides is 2. The maximum absolute atomic E-state index is 13.0. The Kier molecular flexibility index (Phi) is 7.72. The van der Waals surface area contributed by atoms with Gasteiger partial charge in [-0.2, -0.15) is 0 Å². The van der Waals surface area contributed by atoms with Crippen LogP contribution in [0.4, 0.5) is 4.39 Å². The van der Waals surface area contributed by atoms with E-state index in [-0.39, 0.29) is 23.4 Å². The molecule has 1 heterocycles. The number of carbonyl (C=O) groups is 2. The number of nitrogens with one attached hydrogen (secondary N) is 2.